The lowest BCUT2D eigenvalue weighted by molar-refractivity contribution is -0.135. The van der Waals surface area contributed by atoms with E-state index in [2.05, 4.69) is 10.6 Å². The summed E-state index contributed by atoms with van der Waals surface area (Å²) in [6.07, 6.45) is 2.68. The van der Waals surface area contributed by atoms with Crippen LogP contribution >= 0.6 is 11.3 Å². The van der Waals surface area contributed by atoms with Crippen molar-refractivity contribution in [2.45, 2.75) is 18.9 Å². The van der Waals surface area contributed by atoms with E-state index in [0.29, 0.717) is 10.4 Å². The van der Waals surface area contributed by atoms with Crippen LogP contribution in [0.25, 0.3) is 6.08 Å². The molecule has 0 bridgehead atoms. The standard InChI is InChI=1S/C13H12N2O5S/c16-9-3-2-8(12(19)15-9)14-13(20)11-7(5-6-21-11)1-4-10(17)18/h1,4-6,8H,2-3H2,(H,14,20)(H,17,18)(H,15,16,19). The van der Waals surface area contributed by atoms with Crippen molar-refractivity contribution in [1.82, 2.24) is 10.6 Å². The molecular weight excluding hydrogens is 296 g/mol. The molecule has 8 heteroatoms. The molecule has 21 heavy (non-hydrogen) atoms. The molecule has 3 N–H and O–H groups in total. The Bertz CT molecular complexity index is 634. The molecule has 1 aliphatic heterocycles. The molecule has 0 radical (unpaired) electrons. The summed E-state index contributed by atoms with van der Waals surface area (Å²) in [7, 11) is 0. The van der Waals surface area contributed by atoms with Crippen LogP contribution in [0, 0.1) is 0 Å². The summed E-state index contributed by atoms with van der Waals surface area (Å²) in [6, 6.07) is 0.859. The molecule has 1 atom stereocenters. The van der Waals surface area contributed by atoms with Crippen molar-refractivity contribution in [3.8, 4) is 0 Å². The number of carbonyl (C=O) groups is 4. The molecule has 0 aliphatic carbocycles. The normalized spacial score (nSPS) is 18.6. The lowest BCUT2D eigenvalue weighted by Crippen LogP contribution is -2.52. The van der Waals surface area contributed by atoms with Gasteiger partial charge in [0.2, 0.25) is 11.8 Å². The van der Waals surface area contributed by atoms with Crippen LogP contribution in [0.4, 0.5) is 0 Å². The summed E-state index contributed by atoms with van der Waals surface area (Å²) in [5, 5.41) is 14.9. The second-order valence-electron chi connectivity index (χ2n) is 4.35. The summed E-state index contributed by atoms with van der Waals surface area (Å²) in [6.45, 7) is 0. The lowest BCUT2D eigenvalue weighted by Gasteiger charge is -2.21. The number of hydrogen-bond donors (Lipinski definition) is 3. The van der Waals surface area contributed by atoms with Crippen LogP contribution in [0.1, 0.15) is 28.1 Å². The minimum absolute atomic E-state index is 0.174. The number of carboxylic acid groups (broad SMARTS) is 1. The van der Waals surface area contributed by atoms with E-state index in [1.807, 2.05) is 0 Å². The van der Waals surface area contributed by atoms with Gasteiger partial charge in [-0.05, 0) is 29.5 Å². The monoisotopic (exact) mass is 308 g/mol. The summed E-state index contributed by atoms with van der Waals surface area (Å²) in [4.78, 5) is 45.5. The third-order valence-corrected chi connectivity index (χ3v) is 3.78. The highest BCUT2D eigenvalue weighted by Crippen LogP contribution is 2.19. The summed E-state index contributed by atoms with van der Waals surface area (Å²) in [5.41, 5.74) is 0.465. The van der Waals surface area contributed by atoms with Crippen molar-refractivity contribution >= 4 is 41.1 Å². The van der Waals surface area contributed by atoms with E-state index in [4.69, 9.17) is 5.11 Å². The van der Waals surface area contributed by atoms with Gasteiger partial charge in [0.05, 0.1) is 4.88 Å². The number of piperidine rings is 1. The Labute approximate surface area is 123 Å². The van der Waals surface area contributed by atoms with Gasteiger partial charge in [-0.2, -0.15) is 0 Å². The average molecular weight is 308 g/mol. The number of thiophene rings is 1. The van der Waals surface area contributed by atoms with Gasteiger partial charge < -0.3 is 10.4 Å². The summed E-state index contributed by atoms with van der Waals surface area (Å²) < 4.78 is 0. The molecule has 1 aromatic heterocycles. The Kier molecular flexibility index (Phi) is 4.49. The number of carboxylic acids is 1. The largest absolute Gasteiger partial charge is 0.478 e. The second-order valence-corrected chi connectivity index (χ2v) is 5.27. The highest BCUT2D eigenvalue weighted by atomic mass is 32.1. The van der Waals surface area contributed by atoms with Gasteiger partial charge in [-0.1, -0.05) is 0 Å². The number of hydrogen-bond acceptors (Lipinski definition) is 5. The number of carbonyl (C=O) groups excluding carboxylic acids is 3. The molecule has 2 rings (SSSR count). The summed E-state index contributed by atoms with van der Waals surface area (Å²) in [5.74, 6) is -2.47. The molecule has 0 spiro atoms. The Morgan fingerprint density at radius 1 is 1.43 bits per heavy atom. The first kappa shape index (κ1) is 14.9. The van der Waals surface area contributed by atoms with Crippen LogP contribution in [0.3, 0.4) is 0 Å². The van der Waals surface area contributed by atoms with E-state index in [9.17, 15) is 19.2 Å². The highest BCUT2D eigenvalue weighted by molar-refractivity contribution is 7.12. The third-order valence-electron chi connectivity index (χ3n) is 2.85. The van der Waals surface area contributed by atoms with E-state index in [1.54, 1.807) is 11.4 Å². The molecule has 0 aromatic carbocycles. The van der Waals surface area contributed by atoms with Gasteiger partial charge in [0.15, 0.2) is 0 Å². The van der Waals surface area contributed by atoms with Gasteiger partial charge in [-0.25, -0.2) is 4.79 Å². The number of aliphatic carboxylic acids is 1. The fourth-order valence-corrected chi connectivity index (χ4v) is 2.64. The molecule has 1 fully saturated rings. The van der Waals surface area contributed by atoms with E-state index < -0.39 is 23.8 Å². The minimum atomic E-state index is -1.11. The Morgan fingerprint density at radius 2 is 2.19 bits per heavy atom. The number of amides is 3. The van der Waals surface area contributed by atoms with Crippen LogP contribution in [0.15, 0.2) is 17.5 Å². The quantitative estimate of drug-likeness (QED) is 0.550. The molecule has 1 unspecified atom stereocenters. The van der Waals surface area contributed by atoms with Crippen molar-refractivity contribution in [2.75, 3.05) is 0 Å². The van der Waals surface area contributed by atoms with Crippen molar-refractivity contribution in [1.29, 1.82) is 0 Å². The molecule has 1 saturated heterocycles. The minimum Gasteiger partial charge on any atom is -0.478 e. The Hall–Kier alpha value is -2.48. The van der Waals surface area contributed by atoms with Crippen molar-refractivity contribution in [3.05, 3.63) is 28.0 Å². The van der Waals surface area contributed by atoms with Gasteiger partial charge in [0.25, 0.3) is 5.91 Å². The van der Waals surface area contributed by atoms with Crippen LogP contribution in [-0.4, -0.2) is 34.8 Å². The first-order chi connectivity index (χ1) is 9.97. The smallest absolute Gasteiger partial charge is 0.328 e. The fourth-order valence-electron chi connectivity index (χ4n) is 1.85. The van der Waals surface area contributed by atoms with Crippen LogP contribution in [0.2, 0.25) is 0 Å². The molecule has 3 amide bonds. The van der Waals surface area contributed by atoms with Crippen molar-refractivity contribution in [2.24, 2.45) is 0 Å². The topological polar surface area (TPSA) is 113 Å². The van der Waals surface area contributed by atoms with E-state index in [1.165, 1.54) is 6.08 Å². The van der Waals surface area contributed by atoms with Crippen LogP contribution < -0.4 is 10.6 Å². The number of imide groups is 1. The van der Waals surface area contributed by atoms with Crippen LogP contribution in [-0.2, 0) is 14.4 Å². The number of rotatable bonds is 4. The molecular formula is C13H12N2O5S. The zero-order chi connectivity index (χ0) is 15.4. The highest BCUT2D eigenvalue weighted by Gasteiger charge is 2.28. The first-order valence-corrected chi connectivity index (χ1v) is 6.98. The predicted molar refractivity (Wildman–Crippen MR) is 74.6 cm³/mol. The maximum atomic E-state index is 12.1. The maximum absolute atomic E-state index is 12.1. The zero-order valence-corrected chi connectivity index (χ0v) is 11.6. The van der Waals surface area contributed by atoms with E-state index in [0.717, 1.165) is 17.4 Å². The second kappa shape index (κ2) is 6.31. The molecule has 0 saturated carbocycles. The fraction of sp³-hybridized carbons (Fsp3) is 0.231. The predicted octanol–water partition coefficient (Wildman–Crippen LogP) is 0.381. The molecule has 1 aliphatic rings. The molecule has 2 heterocycles. The summed E-state index contributed by atoms with van der Waals surface area (Å²) >= 11 is 1.14. The van der Waals surface area contributed by atoms with Gasteiger partial charge in [0.1, 0.15) is 6.04 Å². The SMILES string of the molecule is O=C(O)C=Cc1ccsc1C(=O)NC1CCC(=O)NC1=O. The van der Waals surface area contributed by atoms with Gasteiger partial charge in [-0.3, -0.25) is 19.7 Å². The van der Waals surface area contributed by atoms with Crippen LogP contribution in [0.5, 0.6) is 0 Å². The Morgan fingerprint density at radius 3 is 2.86 bits per heavy atom. The first-order valence-electron chi connectivity index (χ1n) is 6.10. The van der Waals surface area contributed by atoms with Gasteiger partial charge in [-0.15, -0.1) is 11.3 Å². The molecule has 7 nitrogen and oxygen atoms in total. The third kappa shape index (κ3) is 3.76. The maximum Gasteiger partial charge on any atom is 0.328 e. The molecule has 1 aromatic rings. The average Bonchev–Trinajstić information content (AvgIpc) is 2.88. The van der Waals surface area contributed by atoms with Gasteiger partial charge in [0, 0.05) is 12.5 Å². The molecule has 110 valence electrons. The number of nitrogens with one attached hydrogen (secondary N) is 2. The van der Waals surface area contributed by atoms with E-state index in [-0.39, 0.29) is 18.7 Å². The van der Waals surface area contributed by atoms with E-state index >= 15 is 0 Å². The lowest BCUT2D eigenvalue weighted by atomic mass is 10.1. The van der Waals surface area contributed by atoms with Crippen molar-refractivity contribution < 1.29 is 24.3 Å². The van der Waals surface area contributed by atoms with Gasteiger partial charge >= 0.3 is 5.97 Å². The Balaban J connectivity index is 2.07. The van der Waals surface area contributed by atoms with Crippen molar-refractivity contribution in [3.63, 3.8) is 0 Å². The zero-order valence-electron chi connectivity index (χ0n) is 10.8.